The van der Waals surface area contributed by atoms with Crippen LogP contribution in [0.5, 0.6) is 0 Å². The van der Waals surface area contributed by atoms with Crippen molar-refractivity contribution in [2.45, 2.75) is 25.9 Å². The Hall–Kier alpha value is -2.14. The number of benzene rings is 2. The van der Waals surface area contributed by atoms with E-state index in [0.29, 0.717) is 4.77 Å². The van der Waals surface area contributed by atoms with Gasteiger partial charge in [-0.1, -0.05) is 36.4 Å². The fraction of sp³-hybridized carbons (Fsp3) is 0.250. The summed E-state index contributed by atoms with van der Waals surface area (Å²) in [5, 5.41) is 2.17. The van der Waals surface area contributed by atoms with Gasteiger partial charge in [0.2, 0.25) is 4.77 Å². The first-order chi connectivity index (χ1) is 10.3. The van der Waals surface area contributed by atoms with Crippen LogP contribution in [0.2, 0.25) is 0 Å². The Morgan fingerprint density at radius 1 is 0.905 bits per heavy atom. The maximum Gasteiger partial charge on any atom is 0.349 e. The maximum absolute atomic E-state index is 12.7. The minimum Gasteiger partial charge on any atom is -0.256 e. The molecule has 5 heteroatoms. The topological polar surface area (TPSA) is 31.9 Å². The van der Waals surface area contributed by atoms with Crippen molar-refractivity contribution in [2.75, 3.05) is 0 Å². The van der Waals surface area contributed by atoms with Crippen LogP contribution in [0.3, 0.4) is 0 Å². The van der Waals surface area contributed by atoms with Crippen LogP contribution < -0.4 is 5.69 Å². The molecule has 21 heavy (non-hydrogen) atoms. The Balaban J connectivity index is 2.09. The van der Waals surface area contributed by atoms with Crippen LogP contribution in [0.15, 0.2) is 47.3 Å². The highest BCUT2D eigenvalue weighted by molar-refractivity contribution is 7.71. The summed E-state index contributed by atoms with van der Waals surface area (Å²) < 4.78 is 5.97. The third-order valence-electron chi connectivity index (χ3n) is 4.11. The van der Waals surface area contributed by atoms with E-state index in [-0.39, 0.29) is 5.69 Å². The molecule has 1 aliphatic rings. The van der Waals surface area contributed by atoms with E-state index in [9.17, 15) is 4.79 Å². The van der Waals surface area contributed by atoms with E-state index in [0.717, 1.165) is 42.4 Å². The lowest BCUT2D eigenvalue weighted by Gasteiger charge is -2.14. The van der Waals surface area contributed by atoms with Gasteiger partial charge in [0.1, 0.15) is 0 Å². The molecule has 3 aromatic rings. The summed E-state index contributed by atoms with van der Waals surface area (Å²) in [6.07, 6.45) is 2.11. The number of rotatable bonds is 1. The lowest BCUT2D eigenvalue weighted by Crippen LogP contribution is -2.29. The molecule has 0 unspecified atom stereocenters. The highest BCUT2D eigenvalue weighted by Gasteiger charge is 2.18. The Morgan fingerprint density at radius 3 is 2.43 bits per heavy atom. The second-order valence-corrected chi connectivity index (χ2v) is 5.72. The summed E-state index contributed by atoms with van der Waals surface area (Å²) in [5.74, 6) is 0. The van der Waals surface area contributed by atoms with Gasteiger partial charge in [-0.3, -0.25) is 4.68 Å². The normalized spacial score (nSPS) is 14.3. The minimum absolute atomic E-state index is 0.0314. The number of hydrogen-bond acceptors (Lipinski definition) is 2. The lowest BCUT2D eigenvalue weighted by molar-refractivity contribution is 0.352. The molecule has 0 bridgehead atoms. The van der Waals surface area contributed by atoms with Crippen molar-refractivity contribution in [2.24, 2.45) is 0 Å². The fourth-order valence-electron chi connectivity index (χ4n) is 3.08. The Kier molecular flexibility index (Phi) is 2.82. The van der Waals surface area contributed by atoms with Gasteiger partial charge in [-0.15, -0.1) is 0 Å². The third kappa shape index (κ3) is 1.81. The lowest BCUT2D eigenvalue weighted by atomic mass is 10.1. The molecule has 0 saturated heterocycles. The van der Waals surface area contributed by atoms with Crippen molar-refractivity contribution < 1.29 is 0 Å². The SMILES string of the molecule is O=c1n(-c2cccc3ccccc23)c(=S)n2n1CCCC2. The number of hydrogen-bond donors (Lipinski definition) is 0. The molecule has 0 atom stereocenters. The molecule has 0 saturated carbocycles. The summed E-state index contributed by atoms with van der Waals surface area (Å²) in [4.78, 5) is 12.7. The van der Waals surface area contributed by atoms with E-state index >= 15 is 0 Å². The molecule has 0 fully saturated rings. The van der Waals surface area contributed by atoms with E-state index in [4.69, 9.17) is 12.2 Å². The first-order valence-electron chi connectivity index (χ1n) is 7.18. The molecule has 2 heterocycles. The molecule has 4 rings (SSSR count). The van der Waals surface area contributed by atoms with Crippen molar-refractivity contribution in [1.82, 2.24) is 13.9 Å². The molecule has 0 radical (unpaired) electrons. The van der Waals surface area contributed by atoms with Crippen LogP contribution >= 0.6 is 12.2 Å². The first-order valence-corrected chi connectivity index (χ1v) is 7.59. The largest absolute Gasteiger partial charge is 0.349 e. The molecule has 0 amide bonds. The number of fused-ring (bicyclic) bond motifs is 2. The molecule has 0 spiro atoms. The van der Waals surface area contributed by atoms with E-state index in [1.807, 2.05) is 35.0 Å². The summed E-state index contributed by atoms with van der Waals surface area (Å²) in [5.41, 5.74) is 0.841. The van der Waals surface area contributed by atoms with Crippen molar-refractivity contribution in [3.05, 3.63) is 57.7 Å². The molecule has 0 N–H and O–H groups in total. The zero-order valence-corrected chi connectivity index (χ0v) is 12.3. The van der Waals surface area contributed by atoms with E-state index in [1.165, 1.54) is 0 Å². The molecule has 1 aromatic heterocycles. The summed E-state index contributed by atoms with van der Waals surface area (Å²) in [6.45, 7) is 1.58. The fourth-order valence-corrected chi connectivity index (χ4v) is 3.45. The van der Waals surface area contributed by atoms with Gasteiger partial charge >= 0.3 is 5.69 Å². The average Bonchev–Trinajstić information content (AvgIpc) is 2.79. The molecule has 106 valence electrons. The van der Waals surface area contributed by atoms with Crippen LogP contribution in [0.1, 0.15) is 12.8 Å². The predicted molar refractivity (Wildman–Crippen MR) is 85.6 cm³/mol. The molecule has 2 aromatic carbocycles. The highest BCUT2D eigenvalue weighted by atomic mass is 32.1. The smallest absolute Gasteiger partial charge is 0.256 e. The molecule has 1 aliphatic heterocycles. The van der Waals surface area contributed by atoms with Crippen molar-refractivity contribution in [3.63, 3.8) is 0 Å². The Labute approximate surface area is 126 Å². The van der Waals surface area contributed by atoms with Gasteiger partial charge in [0.25, 0.3) is 0 Å². The Morgan fingerprint density at radius 2 is 1.62 bits per heavy atom. The van der Waals surface area contributed by atoms with Crippen LogP contribution in [0, 0.1) is 4.77 Å². The molecule has 4 nitrogen and oxygen atoms in total. The minimum atomic E-state index is -0.0314. The van der Waals surface area contributed by atoms with Crippen LogP contribution in [0.4, 0.5) is 0 Å². The summed E-state index contributed by atoms with van der Waals surface area (Å²) >= 11 is 5.55. The zero-order valence-electron chi connectivity index (χ0n) is 11.5. The maximum atomic E-state index is 12.7. The highest BCUT2D eigenvalue weighted by Crippen LogP contribution is 2.22. The van der Waals surface area contributed by atoms with Crippen LogP contribution in [-0.4, -0.2) is 13.9 Å². The van der Waals surface area contributed by atoms with Crippen LogP contribution in [0.25, 0.3) is 16.5 Å². The Bertz CT molecular complexity index is 905. The van der Waals surface area contributed by atoms with Gasteiger partial charge < -0.3 is 0 Å². The third-order valence-corrected chi connectivity index (χ3v) is 4.51. The van der Waals surface area contributed by atoms with Crippen LogP contribution in [-0.2, 0) is 13.1 Å². The van der Waals surface area contributed by atoms with Gasteiger partial charge in [-0.05, 0) is 36.5 Å². The van der Waals surface area contributed by atoms with E-state index in [2.05, 4.69) is 12.1 Å². The van der Waals surface area contributed by atoms with Crippen molar-refractivity contribution in [1.29, 1.82) is 0 Å². The quantitative estimate of drug-likeness (QED) is 0.646. The standard InChI is InChI=1S/C16H15N3OS/c20-15-17-10-3-4-11-18(17)16(21)19(15)14-9-5-7-12-6-1-2-8-13(12)14/h1-2,5-9H,3-4,10-11H2. The monoisotopic (exact) mass is 297 g/mol. The number of aromatic nitrogens is 3. The molecule has 0 aliphatic carbocycles. The molecular formula is C16H15N3OS. The number of nitrogens with zero attached hydrogens (tertiary/aromatic N) is 3. The van der Waals surface area contributed by atoms with Gasteiger partial charge in [-0.25, -0.2) is 14.0 Å². The van der Waals surface area contributed by atoms with Gasteiger partial charge in [0, 0.05) is 18.5 Å². The van der Waals surface area contributed by atoms with Gasteiger partial charge in [0.15, 0.2) is 0 Å². The summed E-state index contributed by atoms with van der Waals surface area (Å²) in [6, 6.07) is 14.1. The van der Waals surface area contributed by atoms with E-state index < -0.39 is 0 Å². The van der Waals surface area contributed by atoms with Gasteiger partial charge in [-0.2, -0.15) is 0 Å². The predicted octanol–water partition coefficient (Wildman–Crippen LogP) is 3.12. The molecular weight excluding hydrogens is 282 g/mol. The van der Waals surface area contributed by atoms with E-state index in [1.54, 1.807) is 9.25 Å². The first kappa shape index (κ1) is 12.6. The van der Waals surface area contributed by atoms with Gasteiger partial charge in [0.05, 0.1) is 5.69 Å². The average molecular weight is 297 g/mol. The summed E-state index contributed by atoms with van der Waals surface area (Å²) in [7, 11) is 0. The van der Waals surface area contributed by atoms with Crippen molar-refractivity contribution >= 4 is 23.0 Å². The second kappa shape index (κ2) is 4.70. The van der Waals surface area contributed by atoms with Crippen molar-refractivity contribution in [3.8, 4) is 5.69 Å². The zero-order chi connectivity index (χ0) is 14.4. The second-order valence-electron chi connectivity index (χ2n) is 5.35.